The summed E-state index contributed by atoms with van der Waals surface area (Å²) < 4.78 is 0.852. The Balaban J connectivity index is 2.04. The van der Waals surface area contributed by atoms with Crippen LogP contribution in [-0.2, 0) is 4.79 Å². The zero-order valence-electron chi connectivity index (χ0n) is 10.2. The van der Waals surface area contributed by atoms with E-state index in [1.54, 1.807) is 11.8 Å². The van der Waals surface area contributed by atoms with Crippen LogP contribution in [0.25, 0.3) is 0 Å². The summed E-state index contributed by atoms with van der Waals surface area (Å²) in [4.78, 5) is 28.0. The van der Waals surface area contributed by atoms with Gasteiger partial charge in [0, 0.05) is 37.6 Å². The van der Waals surface area contributed by atoms with Crippen molar-refractivity contribution in [1.29, 1.82) is 0 Å². The third-order valence-electron chi connectivity index (χ3n) is 3.04. The van der Waals surface area contributed by atoms with Crippen LogP contribution in [0.2, 0.25) is 0 Å². The molecule has 0 atom stereocenters. The first-order valence-electron chi connectivity index (χ1n) is 5.87. The third-order valence-corrected chi connectivity index (χ3v) is 4.87. The predicted octanol–water partition coefficient (Wildman–Crippen LogP) is 2.21. The summed E-state index contributed by atoms with van der Waals surface area (Å²) in [5.41, 5.74) is 0. The number of carbonyl (C=O) groups excluding carboxylic acids is 2. The van der Waals surface area contributed by atoms with Gasteiger partial charge in [0.1, 0.15) is 4.88 Å². The molecule has 4 nitrogen and oxygen atoms in total. The Hall–Kier alpha value is -0.880. The van der Waals surface area contributed by atoms with Crippen LogP contribution in [0, 0.1) is 0 Å². The van der Waals surface area contributed by atoms with E-state index in [2.05, 4.69) is 15.9 Å². The van der Waals surface area contributed by atoms with Crippen LogP contribution in [0.15, 0.2) is 15.9 Å². The van der Waals surface area contributed by atoms with Crippen molar-refractivity contribution in [2.45, 2.75) is 13.3 Å². The van der Waals surface area contributed by atoms with Gasteiger partial charge in [0.15, 0.2) is 0 Å². The molecule has 2 rings (SSSR count). The number of nitrogens with zero attached hydrogens (tertiary/aromatic N) is 2. The third kappa shape index (κ3) is 2.92. The molecule has 1 fully saturated rings. The Morgan fingerprint density at radius 2 is 1.89 bits per heavy atom. The second kappa shape index (κ2) is 5.84. The van der Waals surface area contributed by atoms with Crippen LogP contribution in [0.4, 0.5) is 0 Å². The smallest absolute Gasteiger partial charge is 0.265 e. The summed E-state index contributed by atoms with van der Waals surface area (Å²) in [6.45, 7) is 4.28. The normalized spacial score (nSPS) is 16.6. The molecule has 0 saturated carbocycles. The van der Waals surface area contributed by atoms with Crippen molar-refractivity contribution in [3.05, 3.63) is 20.8 Å². The molecule has 0 radical (unpaired) electrons. The molecule has 0 bridgehead atoms. The maximum absolute atomic E-state index is 12.3. The molecule has 1 aromatic rings. The van der Waals surface area contributed by atoms with Crippen LogP contribution >= 0.6 is 27.3 Å². The van der Waals surface area contributed by atoms with Crippen LogP contribution in [0.5, 0.6) is 0 Å². The Bertz CT molecular complexity index is 461. The van der Waals surface area contributed by atoms with E-state index in [0.717, 1.165) is 22.3 Å². The van der Waals surface area contributed by atoms with Gasteiger partial charge < -0.3 is 9.80 Å². The Morgan fingerprint density at radius 1 is 1.22 bits per heavy atom. The molecule has 0 aromatic carbocycles. The minimum absolute atomic E-state index is 0.0577. The van der Waals surface area contributed by atoms with Gasteiger partial charge in [0.25, 0.3) is 5.91 Å². The number of thiophene rings is 1. The molecule has 1 aliphatic heterocycles. The van der Waals surface area contributed by atoms with Gasteiger partial charge in [0.05, 0.1) is 0 Å². The highest BCUT2D eigenvalue weighted by Gasteiger charge is 2.23. The standard InChI is InChI=1S/C12H15BrN2O2S/c1-9(16)14-4-2-5-15(7-6-14)12(17)11-10(13)3-8-18-11/h3,8H,2,4-7H2,1H3. The highest BCUT2D eigenvalue weighted by molar-refractivity contribution is 9.10. The fraction of sp³-hybridized carbons (Fsp3) is 0.500. The van der Waals surface area contributed by atoms with Gasteiger partial charge in [-0.2, -0.15) is 0 Å². The second-order valence-corrected chi connectivity index (χ2v) is 6.02. The molecule has 18 heavy (non-hydrogen) atoms. The van der Waals surface area contributed by atoms with Gasteiger partial charge in [-0.15, -0.1) is 11.3 Å². The summed E-state index contributed by atoms with van der Waals surface area (Å²) in [6.07, 6.45) is 0.842. The van der Waals surface area contributed by atoms with E-state index in [1.807, 2.05) is 16.3 Å². The van der Waals surface area contributed by atoms with Crippen LogP contribution < -0.4 is 0 Å². The molecule has 0 unspecified atom stereocenters. The van der Waals surface area contributed by atoms with Crippen molar-refractivity contribution in [2.24, 2.45) is 0 Å². The van der Waals surface area contributed by atoms with Crippen molar-refractivity contribution < 1.29 is 9.59 Å². The van der Waals surface area contributed by atoms with E-state index < -0.39 is 0 Å². The number of hydrogen-bond acceptors (Lipinski definition) is 3. The molecular formula is C12H15BrN2O2S. The lowest BCUT2D eigenvalue weighted by Gasteiger charge is -2.21. The van der Waals surface area contributed by atoms with Crippen molar-refractivity contribution in [2.75, 3.05) is 26.2 Å². The lowest BCUT2D eigenvalue weighted by atomic mass is 10.3. The highest BCUT2D eigenvalue weighted by atomic mass is 79.9. The van der Waals surface area contributed by atoms with E-state index in [4.69, 9.17) is 0 Å². The van der Waals surface area contributed by atoms with E-state index in [0.29, 0.717) is 19.6 Å². The van der Waals surface area contributed by atoms with E-state index in [9.17, 15) is 9.59 Å². The molecule has 98 valence electrons. The number of rotatable bonds is 1. The molecular weight excluding hydrogens is 316 g/mol. The Labute approximate surface area is 119 Å². The van der Waals surface area contributed by atoms with Crippen LogP contribution in [0.3, 0.4) is 0 Å². The topological polar surface area (TPSA) is 40.6 Å². The average Bonchev–Trinajstić information content (AvgIpc) is 2.63. The highest BCUT2D eigenvalue weighted by Crippen LogP contribution is 2.24. The zero-order valence-corrected chi connectivity index (χ0v) is 12.6. The first-order valence-corrected chi connectivity index (χ1v) is 7.54. The molecule has 1 aliphatic rings. The second-order valence-electron chi connectivity index (χ2n) is 4.25. The quantitative estimate of drug-likeness (QED) is 0.792. The molecule has 1 aromatic heterocycles. The number of halogens is 1. The lowest BCUT2D eigenvalue weighted by Crippen LogP contribution is -2.36. The largest absolute Gasteiger partial charge is 0.341 e. The summed E-state index contributed by atoms with van der Waals surface area (Å²) >= 11 is 4.83. The van der Waals surface area contributed by atoms with Crippen LogP contribution in [0.1, 0.15) is 23.0 Å². The monoisotopic (exact) mass is 330 g/mol. The zero-order chi connectivity index (χ0) is 13.1. The van der Waals surface area contributed by atoms with Gasteiger partial charge in [-0.1, -0.05) is 0 Å². The minimum Gasteiger partial charge on any atom is -0.341 e. The molecule has 6 heteroatoms. The van der Waals surface area contributed by atoms with Gasteiger partial charge in [-0.05, 0) is 33.8 Å². The minimum atomic E-state index is 0.0577. The van der Waals surface area contributed by atoms with Crippen molar-refractivity contribution in [3.8, 4) is 0 Å². The maximum atomic E-state index is 12.3. The van der Waals surface area contributed by atoms with E-state index in [-0.39, 0.29) is 11.8 Å². The van der Waals surface area contributed by atoms with Crippen LogP contribution in [-0.4, -0.2) is 47.8 Å². The molecule has 0 N–H and O–H groups in total. The van der Waals surface area contributed by atoms with Gasteiger partial charge in [-0.25, -0.2) is 0 Å². The fourth-order valence-corrected chi connectivity index (χ4v) is 3.53. The van der Waals surface area contributed by atoms with Gasteiger partial charge in [0.2, 0.25) is 5.91 Å². The average molecular weight is 331 g/mol. The first kappa shape index (κ1) is 13.5. The number of amides is 2. The Kier molecular flexibility index (Phi) is 4.40. The van der Waals surface area contributed by atoms with Crippen molar-refractivity contribution in [3.63, 3.8) is 0 Å². The van der Waals surface area contributed by atoms with Gasteiger partial charge in [-0.3, -0.25) is 9.59 Å². The number of hydrogen-bond donors (Lipinski definition) is 0. The molecule has 0 spiro atoms. The lowest BCUT2D eigenvalue weighted by molar-refractivity contribution is -0.128. The van der Waals surface area contributed by atoms with E-state index >= 15 is 0 Å². The molecule has 1 saturated heterocycles. The fourth-order valence-electron chi connectivity index (χ4n) is 2.03. The van der Waals surface area contributed by atoms with Crippen molar-refractivity contribution in [1.82, 2.24) is 9.80 Å². The van der Waals surface area contributed by atoms with E-state index in [1.165, 1.54) is 11.3 Å². The maximum Gasteiger partial charge on any atom is 0.265 e. The van der Waals surface area contributed by atoms with Gasteiger partial charge >= 0.3 is 0 Å². The predicted molar refractivity (Wildman–Crippen MR) is 74.8 cm³/mol. The summed E-state index contributed by atoms with van der Waals surface area (Å²) in [5, 5.41) is 1.90. The first-order chi connectivity index (χ1) is 8.59. The molecule has 2 heterocycles. The number of carbonyl (C=O) groups is 2. The summed E-state index contributed by atoms with van der Waals surface area (Å²) in [6, 6.07) is 1.89. The summed E-state index contributed by atoms with van der Waals surface area (Å²) in [7, 11) is 0. The van der Waals surface area contributed by atoms with Crippen molar-refractivity contribution >= 4 is 39.1 Å². The SMILES string of the molecule is CC(=O)N1CCCN(C(=O)c2sccc2Br)CC1. The molecule has 2 amide bonds. The molecule has 0 aliphatic carbocycles. The Morgan fingerprint density at radius 3 is 2.50 bits per heavy atom. The summed E-state index contributed by atoms with van der Waals surface area (Å²) in [5.74, 6) is 0.142.